The van der Waals surface area contributed by atoms with Crippen LogP contribution in [0.15, 0.2) is 41.5 Å². The summed E-state index contributed by atoms with van der Waals surface area (Å²) in [5.41, 5.74) is -0.339. The molecule has 0 atom stereocenters. The number of benzene rings is 1. The normalized spacial score (nSPS) is 17.4. The second-order valence-electron chi connectivity index (χ2n) is 6.46. The van der Waals surface area contributed by atoms with Crippen LogP contribution in [0.1, 0.15) is 18.5 Å². The number of ether oxygens (including phenoxy) is 1. The lowest BCUT2D eigenvalue weighted by Crippen LogP contribution is -2.48. The first-order chi connectivity index (χ1) is 12.0. The van der Waals surface area contributed by atoms with Crippen LogP contribution in [0.25, 0.3) is 0 Å². The Balaban J connectivity index is 1.46. The number of H-pyrrole nitrogens is 1. The van der Waals surface area contributed by atoms with E-state index in [0.717, 1.165) is 25.3 Å². The van der Waals surface area contributed by atoms with E-state index in [-0.39, 0.29) is 17.9 Å². The monoisotopic (exact) mass is 347 g/mol. The number of aromatic amines is 1. The number of halogens is 1. The van der Waals surface area contributed by atoms with E-state index in [0.29, 0.717) is 19.3 Å². The molecule has 0 aliphatic carbocycles. The van der Waals surface area contributed by atoms with Gasteiger partial charge in [0.1, 0.15) is 12.2 Å². The van der Waals surface area contributed by atoms with Gasteiger partial charge < -0.3 is 19.7 Å². The van der Waals surface area contributed by atoms with Gasteiger partial charge in [0.25, 0.3) is 5.56 Å². The lowest BCUT2D eigenvalue weighted by Gasteiger charge is -2.37. The number of para-hydroxylation sites is 1. The van der Waals surface area contributed by atoms with Gasteiger partial charge in [0.05, 0.1) is 6.20 Å². The van der Waals surface area contributed by atoms with Gasteiger partial charge >= 0.3 is 0 Å². The minimum Gasteiger partial charge on any atom is -0.488 e. The number of piperidine rings is 1. The highest BCUT2D eigenvalue weighted by Gasteiger charge is 2.33. The number of aliphatic hydroxyl groups is 1. The zero-order chi connectivity index (χ0) is 17.7. The lowest BCUT2D eigenvalue weighted by atomic mass is 9.92. The van der Waals surface area contributed by atoms with Crippen molar-refractivity contribution in [1.82, 2.24) is 14.9 Å². The molecular formula is C18H22FN3O3. The highest BCUT2D eigenvalue weighted by Crippen LogP contribution is 2.25. The van der Waals surface area contributed by atoms with Crippen molar-refractivity contribution in [3.63, 3.8) is 0 Å². The molecule has 0 saturated carbocycles. The van der Waals surface area contributed by atoms with Gasteiger partial charge in [-0.05, 0) is 25.0 Å². The topological polar surface area (TPSA) is 78.5 Å². The van der Waals surface area contributed by atoms with Gasteiger partial charge in [-0.2, -0.15) is 0 Å². The minimum absolute atomic E-state index is 0.0810. The maximum atomic E-state index is 13.6. The van der Waals surface area contributed by atoms with E-state index in [9.17, 15) is 14.3 Å². The molecule has 2 N–H and O–H groups in total. The maximum Gasteiger partial charge on any atom is 0.266 e. The SMILES string of the molecule is O=c1cncc(CCN2CCC(O)(COc3ccccc3F)CC2)[nH]1. The summed E-state index contributed by atoms with van der Waals surface area (Å²) in [7, 11) is 0. The highest BCUT2D eigenvalue weighted by molar-refractivity contribution is 5.23. The van der Waals surface area contributed by atoms with E-state index in [1.165, 1.54) is 12.3 Å². The standard InChI is InChI=1S/C18H22FN3O3/c19-15-3-1-2-4-16(15)25-13-18(24)6-9-22(10-7-18)8-5-14-11-20-12-17(23)21-14/h1-4,11-12,24H,5-10,13H2,(H,21,23). The Morgan fingerprint density at radius 2 is 2.04 bits per heavy atom. The van der Waals surface area contributed by atoms with E-state index in [2.05, 4.69) is 14.9 Å². The molecule has 3 rings (SSSR count). The fourth-order valence-corrected chi connectivity index (χ4v) is 2.93. The third kappa shape index (κ3) is 4.87. The van der Waals surface area contributed by atoms with E-state index >= 15 is 0 Å². The summed E-state index contributed by atoms with van der Waals surface area (Å²) in [6.07, 6.45) is 4.73. The molecule has 6 nitrogen and oxygen atoms in total. The summed E-state index contributed by atoms with van der Waals surface area (Å²) in [6.45, 7) is 2.31. The summed E-state index contributed by atoms with van der Waals surface area (Å²) < 4.78 is 19.0. The molecule has 0 bridgehead atoms. The molecular weight excluding hydrogens is 325 g/mol. The Hall–Kier alpha value is -2.25. The average Bonchev–Trinajstić information content (AvgIpc) is 2.61. The van der Waals surface area contributed by atoms with Gasteiger partial charge in [-0.15, -0.1) is 0 Å². The molecule has 1 aliphatic heterocycles. The van der Waals surface area contributed by atoms with Crippen LogP contribution in [0, 0.1) is 5.82 Å². The Labute approximate surface area is 145 Å². The molecule has 1 aromatic heterocycles. The number of nitrogens with one attached hydrogen (secondary N) is 1. The molecule has 1 aliphatic rings. The number of nitrogens with zero attached hydrogens (tertiary/aromatic N) is 2. The minimum atomic E-state index is -0.943. The van der Waals surface area contributed by atoms with Crippen molar-refractivity contribution < 1.29 is 14.2 Å². The molecule has 0 amide bonds. The van der Waals surface area contributed by atoms with Gasteiger partial charge in [-0.3, -0.25) is 9.78 Å². The molecule has 0 spiro atoms. The van der Waals surface area contributed by atoms with E-state index < -0.39 is 11.4 Å². The van der Waals surface area contributed by atoms with Crippen LogP contribution in [0.3, 0.4) is 0 Å². The van der Waals surface area contributed by atoms with Crippen LogP contribution >= 0.6 is 0 Å². The zero-order valence-corrected chi connectivity index (χ0v) is 13.9. The molecule has 134 valence electrons. The fraction of sp³-hybridized carbons (Fsp3) is 0.444. The van der Waals surface area contributed by atoms with Crippen LogP contribution in [-0.4, -0.2) is 51.8 Å². The van der Waals surface area contributed by atoms with Crippen LogP contribution in [0.5, 0.6) is 5.75 Å². The number of hydrogen-bond donors (Lipinski definition) is 2. The Kier molecular flexibility index (Phi) is 5.45. The second kappa shape index (κ2) is 7.76. The van der Waals surface area contributed by atoms with Crippen molar-refractivity contribution in [3.8, 4) is 5.75 Å². The lowest BCUT2D eigenvalue weighted by molar-refractivity contribution is -0.0527. The molecule has 0 radical (unpaired) electrons. The Morgan fingerprint density at radius 1 is 1.28 bits per heavy atom. The molecule has 1 fully saturated rings. The predicted octanol–water partition coefficient (Wildman–Crippen LogP) is 1.36. The summed E-state index contributed by atoms with van der Waals surface area (Å²) in [5.74, 6) is -0.257. The second-order valence-corrected chi connectivity index (χ2v) is 6.46. The van der Waals surface area contributed by atoms with E-state index in [1.807, 2.05) is 0 Å². The van der Waals surface area contributed by atoms with Crippen molar-refractivity contribution in [1.29, 1.82) is 0 Å². The smallest absolute Gasteiger partial charge is 0.266 e. The molecule has 7 heteroatoms. The number of hydrogen-bond acceptors (Lipinski definition) is 5. The summed E-state index contributed by atoms with van der Waals surface area (Å²) in [5, 5.41) is 10.6. The third-order valence-corrected chi connectivity index (χ3v) is 4.52. The molecule has 25 heavy (non-hydrogen) atoms. The number of rotatable bonds is 6. The fourth-order valence-electron chi connectivity index (χ4n) is 2.93. The maximum absolute atomic E-state index is 13.6. The van der Waals surface area contributed by atoms with E-state index in [4.69, 9.17) is 4.74 Å². The van der Waals surface area contributed by atoms with Crippen LogP contribution in [-0.2, 0) is 6.42 Å². The van der Waals surface area contributed by atoms with Crippen LogP contribution in [0.2, 0.25) is 0 Å². The van der Waals surface area contributed by atoms with Crippen molar-refractivity contribution in [2.24, 2.45) is 0 Å². The van der Waals surface area contributed by atoms with Gasteiger partial charge in [0.15, 0.2) is 11.6 Å². The third-order valence-electron chi connectivity index (χ3n) is 4.52. The predicted molar refractivity (Wildman–Crippen MR) is 91.1 cm³/mol. The summed E-state index contributed by atoms with van der Waals surface area (Å²) in [4.78, 5) is 20.1. The first-order valence-electron chi connectivity index (χ1n) is 8.39. The van der Waals surface area contributed by atoms with Gasteiger partial charge in [-0.1, -0.05) is 12.1 Å². The van der Waals surface area contributed by atoms with Gasteiger partial charge in [0.2, 0.25) is 0 Å². The largest absolute Gasteiger partial charge is 0.488 e. The van der Waals surface area contributed by atoms with Gasteiger partial charge in [-0.25, -0.2) is 4.39 Å². The zero-order valence-electron chi connectivity index (χ0n) is 13.9. The van der Waals surface area contributed by atoms with Crippen LogP contribution < -0.4 is 10.3 Å². The van der Waals surface area contributed by atoms with E-state index in [1.54, 1.807) is 24.4 Å². The Morgan fingerprint density at radius 3 is 2.76 bits per heavy atom. The number of aromatic nitrogens is 2. The first kappa shape index (κ1) is 17.6. The molecule has 1 saturated heterocycles. The van der Waals surface area contributed by atoms with Gasteiger partial charge in [0, 0.05) is 37.9 Å². The number of likely N-dealkylation sites (tertiary alicyclic amines) is 1. The summed E-state index contributed by atoms with van der Waals surface area (Å²) >= 11 is 0. The summed E-state index contributed by atoms with van der Waals surface area (Å²) in [6, 6.07) is 6.20. The van der Waals surface area contributed by atoms with Crippen molar-refractivity contribution in [2.75, 3.05) is 26.2 Å². The Bertz CT molecular complexity index is 757. The average molecular weight is 347 g/mol. The molecule has 2 aromatic rings. The molecule has 0 unspecified atom stereocenters. The highest BCUT2D eigenvalue weighted by atomic mass is 19.1. The van der Waals surface area contributed by atoms with Crippen molar-refractivity contribution in [3.05, 3.63) is 58.5 Å². The quantitative estimate of drug-likeness (QED) is 0.825. The van der Waals surface area contributed by atoms with Crippen molar-refractivity contribution >= 4 is 0 Å². The first-order valence-corrected chi connectivity index (χ1v) is 8.39. The molecule has 2 heterocycles. The van der Waals surface area contributed by atoms with Crippen LogP contribution in [0.4, 0.5) is 4.39 Å². The van der Waals surface area contributed by atoms with Crippen molar-refractivity contribution in [2.45, 2.75) is 24.9 Å². The molecule has 1 aromatic carbocycles.